The molecule has 0 spiro atoms. The Hall–Kier alpha value is -3.33. The van der Waals surface area contributed by atoms with E-state index in [2.05, 4.69) is 4.98 Å². The molecule has 0 fully saturated rings. The van der Waals surface area contributed by atoms with Gasteiger partial charge in [-0.3, -0.25) is 14.6 Å². The van der Waals surface area contributed by atoms with Crippen LogP contribution in [0.2, 0.25) is 0 Å². The maximum absolute atomic E-state index is 13.6. The van der Waals surface area contributed by atoms with Gasteiger partial charge in [0.15, 0.2) is 5.75 Å². The average molecular weight is 498 g/mol. The molecule has 2 aromatic carbocycles. The molecule has 2 heterocycles. The summed E-state index contributed by atoms with van der Waals surface area (Å²) in [4.78, 5) is 33.9. The van der Waals surface area contributed by atoms with Crippen molar-refractivity contribution in [2.45, 2.75) is 32.2 Å². The predicted octanol–water partition coefficient (Wildman–Crippen LogP) is 4.73. The van der Waals surface area contributed by atoms with Crippen molar-refractivity contribution in [1.29, 1.82) is 0 Å². The lowest BCUT2D eigenvalue weighted by Crippen LogP contribution is -2.31. The first-order chi connectivity index (χ1) is 16.9. The average Bonchev–Trinajstić information content (AvgIpc) is 3.13. The zero-order valence-electron chi connectivity index (χ0n) is 20.0. The van der Waals surface area contributed by atoms with Crippen molar-refractivity contribution < 1.29 is 23.8 Å². The fourth-order valence-corrected chi connectivity index (χ4v) is 5.72. The molecule has 1 aliphatic heterocycles. The number of nitrogens with zero attached hydrogens (tertiary/aromatic N) is 3. The zero-order chi connectivity index (χ0) is 25.1. The van der Waals surface area contributed by atoms with E-state index in [4.69, 9.17) is 4.74 Å². The summed E-state index contributed by atoms with van der Waals surface area (Å²) >= 11 is 1.45. The Morgan fingerprint density at radius 2 is 1.94 bits per heavy atom. The number of aromatic hydroxyl groups is 1. The molecule has 184 valence electrons. The number of pyridine rings is 1. The van der Waals surface area contributed by atoms with Gasteiger partial charge in [0, 0.05) is 49.0 Å². The Morgan fingerprint density at radius 1 is 1.23 bits per heavy atom. The number of rotatable bonds is 9. The maximum atomic E-state index is 13.6. The van der Waals surface area contributed by atoms with Crippen LogP contribution in [0.3, 0.4) is 0 Å². The molecule has 0 aliphatic carbocycles. The van der Waals surface area contributed by atoms with Crippen LogP contribution in [0.15, 0.2) is 42.6 Å². The predicted molar refractivity (Wildman–Crippen MR) is 134 cm³/mol. The van der Waals surface area contributed by atoms with Crippen LogP contribution in [0.4, 0.5) is 4.39 Å². The summed E-state index contributed by atoms with van der Waals surface area (Å²) in [7, 11) is 1.53. The van der Waals surface area contributed by atoms with Gasteiger partial charge in [0.2, 0.25) is 5.91 Å². The normalized spacial score (nSPS) is 14.9. The highest BCUT2D eigenvalue weighted by molar-refractivity contribution is 7.99. The first-order valence-corrected chi connectivity index (χ1v) is 12.6. The lowest BCUT2D eigenvalue weighted by Gasteiger charge is -2.26. The highest BCUT2D eigenvalue weighted by Crippen LogP contribution is 2.52. The van der Waals surface area contributed by atoms with Crippen molar-refractivity contribution in [1.82, 2.24) is 14.8 Å². The molecule has 0 radical (unpaired) electrons. The minimum atomic E-state index is -0.502. The zero-order valence-corrected chi connectivity index (χ0v) is 20.8. The third-order valence-electron chi connectivity index (χ3n) is 6.21. The highest BCUT2D eigenvalue weighted by atomic mass is 32.2. The van der Waals surface area contributed by atoms with Gasteiger partial charge in [-0.15, -0.1) is 11.8 Å². The van der Waals surface area contributed by atoms with Gasteiger partial charge in [-0.2, -0.15) is 0 Å². The van der Waals surface area contributed by atoms with Crippen molar-refractivity contribution in [2.75, 3.05) is 26.0 Å². The number of phenols is 1. The van der Waals surface area contributed by atoms with Crippen molar-refractivity contribution in [3.8, 4) is 11.5 Å². The number of aromatic nitrogens is 1. The number of phenolic OH excluding ortho intramolecular Hbond substituents is 1. The summed E-state index contributed by atoms with van der Waals surface area (Å²) < 4.78 is 19.2. The summed E-state index contributed by atoms with van der Waals surface area (Å²) in [5.41, 5.74) is 1.76. The number of methoxy groups -OCH3 is 1. The first kappa shape index (κ1) is 24.8. The summed E-state index contributed by atoms with van der Waals surface area (Å²) in [6.07, 6.45) is 1.87. The second-order valence-electron chi connectivity index (χ2n) is 8.17. The molecule has 1 aromatic heterocycles. The van der Waals surface area contributed by atoms with Gasteiger partial charge in [-0.25, -0.2) is 4.39 Å². The second-order valence-corrected chi connectivity index (χ2v) is 9.36. The number of thioether (sulfide) groups is 1. The van der Waals surface area contributed by atoms with Crippen molar-refractivity contribution in [2.24, 2.45) is 0 Å². The molecule has 35 heavy (non-hydrogen) atoms. The first-order valence-electron chi connectivity index (χ1n) is 11.5. The number of benzene rings is 2. The molecule has 0 saturated carbocycles. The third-order valence-corrected chi connectivity index (χ3v) is 7.46. The number of hydrogen-bond acceptors (Lipinski definition) is 6. The number of carbonyl (C=O) groups excluding carboxylic acids is 2. The minimum Gasteiger partial charge on any atom is -0.505 e. The molecule has 2 amide bonds. The molecule has 4 rings (SSSR count). The van der Waals surface area contributed by atoms with Crippen LogP contribution >= 0.6 is 11.8 Å². The fraction of sp³-hybridized carbons (Fsp3) is 0.346. The third kappa shape index (κ3) is 4.65. The Labute approximate surface area is 207 Å². The standard InChI is InChI=1S/C26H28FN3O4S/c1-4-29(5-2)19(31)12-14-35-26-21-20(23(32)22-18(24(21)34-3)7-6-13-28-22)25(33)30(26)15-16-8-10-17(27)11-9-16/h6-11,13,26,32H,4-5,12,14-15H2,1-3H3. The van der Waals surface area contributed by atoms with Crippen molar-refractivity contribution >= 4 is 34.5 Å². The van der Waals surface area contributed by atoms with E-state index in [0.717, 1.165) is 5.56 Å². The Morgan fingerprint density at radius 3 is 2.60 bits per heavy atom. The second kappa shape index (κ2) is 10.5. The van der Waals surface area contributed by atoms with Crippen LogP contribution in [0.25, 0.3) is 10.9 Å². The van der Waals surface area contributed by atoms with Gasteiger partial charge >= 0.3 is 0 Å². The van der Waals surface area contributed by atoms with Crippen molar-refractivity contribution in [3.63, 3.8) is 0 Å². The van der Waals surface area contributed by atoms with Gasteiger partial charge in [-0.05, 0) is 43.7 Å². The molecule has 0 saturated heterocycles. The summed E-state index contributed by atoms with van der Waals surface area (Å²) in [5.74, 6) is 0.0927. The van der Waals surface area contributed by atoms with Crippen LogP contribution in [0.5, 0.6) is 11.5 Å². The SMILES string of the molecule is CCN(CC)C(=O)CCSC1c2c(c(O)c3ncccc3c2OC)C(=O)N1Cc1ccc(F)cc1. The van der Waals surface area contributed by atoms with Gasteiger partial charge in [0.05, 0.1) is 12.7 Å². The molecule has 9 heteroatoms. The molecule has 3 aromatic rings. The van der Waals surface area contributed by atoms with Crippen LogP contribution in [0.1, 0.15) is 47.1 Å². The summed E-state index contributed by atoms with van der Waals surface area (Å²) in [6.45, 7) is 5.38. The molecule has 7 nitrogen and oxygen atoms in total. The minimum absolute atomic E-state index is 0.0506. The smallest absolute Gasteiger partial charge is 0.259 e. The Kier molecular flexibility index (Phi) is 7.45. The summed E-state index contributed by atoms with van der Waals surface area (Å²) in [6, 6.07) is 9.50. The number of carbonyl (C=O) groups is 2. The fourth-order valence-electron chi connectivity index (χ4n) is 4.47. The number of ether oxygens (including phenoxy) is 1. The number of amides is 2. The molecular formula is C26H28FN3O4S. The van der Waals surface area contributed by atoms with Crippen LogP contribution in [-0.4, -0.2) is 57.7 Å². The van der Waals surface area contributed by atoms with Crippen molar-refractivity contribution in [3.05, 3.63) is 65.1 Å². The molecule has 1 atom stereocenters. The van der Waals surface area contributed by atoms with Crippen LogP contribution in [0, 0.1) is 5.82 Å². The largest absolute Gasteiger partial charge is 0.505 e. The number of fused-ring (bicyclic) bond motifs is 2. The number of hydrogen-bond donors (Lipinski definition) is 1. The number of halogens is 1. The van der Waals surface area contributed by atoms with Gasteiger partial charge < -0.3 is 19.6 Å². The maximum Gasteiger partial charge on any atom is 0.259 e. The van der Waals surface area contributed by atoms with Gasteiger partial charge in [0.25, 0.3) is 5.91 Å². The summed E-state index contributed by atoms with van der Waals surface area (Å²) in [5, 5.41) is 11.2. The van der Waals surface area contributed by atoms with Crippen LogP contribution < -0.4 is 4.74 Å². The topological polar surface area (TPSA) is 83.0 Å². The quantitative estimate of drug-likeness (QED) is 0.460. The van der Waals surface area contributed by atoms with E-state index < -0.39 is 5.37 Å². The molecule has 1 N–H and O–H groups in total. The van der Waals surface area contributed by atoms with Gasteiger partial charge in [0.1, 0.15) is 22.5 Å². The monoisotopic (exact) mass is 497 g/mol. The van der Waals surface area contributed by atoms with E-state index in [1.54, 1.807) is 40.3 Å². The Bertz CT molecular complexity index is 1250. The van der Waals surface area contributed by atoms with E-state index >= 15 is 0 Å². The van der Waals surface area contributed by atoms with Crippen LogP contribution in [-0.2, 0) is 11.3 Å². The lowest BCUT2D eigenvalue weighted by atomic mass is 10.0. The highest BCUT2D eigenvalue weighted by Gasteiger charge is 2.43. The van der Waals surface area contributed by atoms with E-state index in [0.29, 0.717) is 47.5 Å². The molecular weight excluding hydrogens is 469 g/mol. The van der Waals surface area contributed by atoms with E-state index in [1.807, 2.05) is 13.8 Å². The Balaban J connectivity index is 1.74. The molecule has 1 unspecified atom stereocenters. The molecule has 0 bridgehead atoms. The van der Waals surface area contributed by atoms with E-state index in [9.17, 15) is 19.1 Å². The lowest BCUT2D eigenvalue weighted by molar-refractivity contribution is -0.130. The molecule has 1 aliphatic rings. The van der Waals surface area contributed by atoms with E-state index in [1.165, 1.54) is 31.0 Å². The van der Waals surface area contributed by atoms with Gasteiger partial charge in [-0.1, -0.05) is 12.1 Å². The van der Waals surface area contributed by atoms with E-state index in [-0.39, 0.29) is 35.5 Å².